The smallest absolute Gasteiger partial charge is 0.115 e. The molecule has 5 heteroatoms. The standard InChI is InChI=1S/C40H45ClO4/c1-4-23-42-24-22-30-16-18-31(19-17-30)25-35-26-34(20-21-36(35)41)39-40(44-28-33-14-10-7-11-15-33)38(29(3)37(5-2)45-39)43-27-32-12-8-6-9-13-32/h4,6-21,26,29,37-40H,1,5,22-25,27-28H2,2-3H3/t29-,37-,38+,39+,40-/m1/s1. The van der Waals surface area contributed by atoms with E-state index < -0.39 is 0 Å². The van der Waals surface area contributed by atoms with Crippen LogP contribution in [0.1, 0.15) is 59.8 Å². The molecule has 1 aliphatic heterocycles. The molecule has 5 atom stereocenters. The SMILES string of the molecule is C=CCOCCc1ccc(Cc2cc([C@@H]3O[C@H](CC)[C@@H](C)[C@H](OCc4ccccc4)[C@H]3OCc3ccccc3)ccc2Cl)cc1. The molecule has 4 aromatic rings. The predicted molar refractivity (Wildman–Crippen MR) is 183 cm³/mol. The molecular weight excluding hydrogens is 580 g/mol. The molecule has 0 saturated carbocycles. The summed E-state index contributed by atoms with van der Waals surface area (Å²) < 4.78 is 25.9. The Morgan fingerprint density at radius 1 is 0.778 bits per heavy atom. The topological polar surface area (TPSA) is 36.9 Å². The lowest BCUT2D eigenvalue weighted by molar-refractivity contribution is -0.234. The first-order valence-corrected chi connectivity index (χ1v) is 16.4. The van der Waals surface area contributed by atoms with Gasteiger partial charge in [0, 0.05) is 10.9 Å². The fraction of sp³-hybridized carbons (Fsp3) is 0.350. The minimum absolute atomic E-state index is 0.0366. The van der Waals surface area contributed by atoms with Crippen LogP contribution in [0.5, 0.6) is 0 Å². The van der Waals surface area contributed by atoms with E-state index in [-0.39, 0.29) is 30.3 Å². The van der Waals surface area contributed by atoms with Crippen molar-refractivity contribution >= 4 is 11.6 Å². The molecule has 0 unspecified atom stereocenters. The van der Waals surface area contributed by atoms with Crippen molar-refractivity contribution in [1.29, 1.82) is 0 Å². The molecule has 0 amide bonds. The summed E-state index contributed by atoms with van der Waals surface area (Å²) in [5, 5.41) is 0.746. The van der Waals surface area contributed by atoms with E-state index >= 15 is 0 Å². The molecule has 4 nitrogen and oxygen atoms in total. The van der Waals surface area contributed by atoms with Gasteiger partial charge >= 0.3 is 0 Å². The van der Waals surface area contributed by atoms with Crippen molar-refractivity contribution in [3.05, 3.63) is 154 Å². The first kappa shape index (κ1) is 33.1. The van der Waals surface area contributed by atoms with Gasteiger partial charge in [0.15, 0.2) is 0 Å². The van der Waals surface area contributed by atoms with Crippen LogP contribution in [0.3, 0.4) is 0 Å². The van der Waals surface area contributed by atoms with E-state index in [1.165, 1.54) is 11.1 Å². The van der Waals surface area contributed by atoms with E-state index in [9.17, 15) is 0 Å². The first-order valence-electron chi connectivity index (χ1n) is 16.1. The Hall–Kier alpha value is -3.25. The maximum atomic E-state index is 6.87. The van der Waals surface area contributed by atoms with Gasteiger partial charge in [-0.1, -0.05) is 129 Å². The fourth-order valence-electron chi connectivity index (χ4n) is 6.08. The number of hydrogen-bond acceptors (Lipinski definition) is 4. The predicted octanol–water partition coefficient (Wildman–Crippen LogP) is 9.33. The van der Waals surface area contributed by atoms with E-state index in [1.54, 1.807) is 6.08 Å². The van der Waals surface area contributed by atoms with Crippen LogP contribution in [-0.4, -0.2) is 31.5 Å². The number of ether oxygens (including phenoxy) is 4. The van der Waals surface area contributed by atoms with Crippen LogP contribution in [0.15, 0.2) is 116 Å². The summed E-state index contributed by atoms with van der Waals surface area (Å²) in [6.45, 7) is 10.4. The third-order valence-corrected chi connectivity index (χ3v) is 8.98. The van der Waals surface area contributed by atoms with E-state index in [4.69, 9.17) is 30.5 Å². The van der Waals surface area contributed by atoms with Gasteiger partial charge in [-0.25, -0.2) is 0 Å². The largest absolute Gasteiger partial charge is 0.377 e. The Morgan fingerprint density at radius 2 is 1.40 bits per heavy atom. The second-order valence-corrected chi connectivity index (χ2v) is 12.2. The maximum Gasteiger partial charge on any atom is 0.115 e. The molecule has 5 rings (SSSR count). The monoisotopic (exact) mass is 624 g/mol. The highest BCUT2D eigenvalue weighted by atomic mass is 35.5. The molecule has 0 bridgehead atoms. The number of rotatable bonds is 15. The van der Waals surface area contributed by atoms with Crippen LogP contribution in [0.25, 0.3) is 0 Å². The van der Waals surface area contributed by atoms with E-state index in [2.05, 4.69) is 93.2 Å². The minimum atomic E-state index is -0.302. The second kappa shape index (κ2) is 16.9. The molecule has 45 heavy (non-hydrogen) atoms. The van der Waals surface area contributed by atoms with Gasteiger partial charge < -0.3 is 18.9 Å². The van der Waals surface area contributed by atoms with Crippen LogP contribution in [0.2, 0.25) is 5.02 Å². The van der Waals surface area contributed by atoms with Crippen LogP contribution >= 0.6 is 11.6 Å². The first-order chi connectivity index (χ1) is 22.1. The molecular formula is C40H45ClO4. The maximum absolute atomic E-state index is 6.87. The van der Waals surface area contributed by atoms with Crippen LogP contribution in [-0.2, 0) is 45.0 Å². The third-order valence-electron chi connectivity index (χ3n) is 8.61. The zero-order valence-corrected chi connectivity index (χ0v) is 27.2. The van der Waals surface area contributed by atoms with Crippen LogP contribution < -0.4 is 0 Å². The highest BCUT2D eigenvalue weighted by molar-refractivity contribution is 6.31. The van der Waals surface area contributed by atoms with Gasteiger partial charge in [0.05, 0.1) is 38.6 Å². The van der Waals surface area contributed by atoms with Crippen molar-refractivity contribution in [2.24, 2.45) is 5.92 Å². The summed E-state index contributed by atoms with van der Waals surface area (Å²) in [5.74, 6) is 0.156. The van der Waals surface area contributed by atoms with Gasteiger partial charge in [0.25, 0.3) is 0 Å². The van der Waals surface area contributed by atoms with Crippen molar-refractivity contribution in [3.63, 3.8) is 0 Å². The van der Waals surface area contributed by atoms with Crippen LogP contribution in [0.4, 0.5) is 0 Å². The summed E-state index contributed by atoms with van der Waals surface area (Å²) in [7, 11) is 0. The fourth-order valence-corrected chi connectivity index (χ4v) is 6.26. The van der Waals surface area contributed by atoms with Gasteiger partial charge in [0.1, 0.15) is 12.2 Å². The van der Waals surface area contributed by atoms with Crippen molar-refractivity contribution in [2.45, 2.75) is 70.7 Å². The van der Waals surface area contributed by atoms with Gasteiger partial charge in [-0.2, -0.15) is 0 Å². The molecule has 0 spiro atoms. The molecule has 236 valence electrons. The molecule has 0 aromatic heterocycles. The minimum Gasteiger partial charge on any atom is -0.377 e. The Bertz CT molecular complexity index is 1460. The van der Waals surface area contributed by atoms with Crippen molar-refractivity contribution in [3.8, 4) is 0 Å². The lowest BCUT2D eigenvalue weighted by Gasteiger charge is -2.46. The second-order valence-electron chi connectivity index (χ2n) is 11.8. The summed E-state index contributed by atoms with van der Waals surface area (Å²) in [6, 6.07) is 35.6. The third kappa shape index (κ3) is 9.16. The van der Waals surface area contributed by atoms with Crippen molar-refractivity contribution in [2.75, 3.05) is 13.2 Å². The van der Waals surface area contributed by atoms with Gasteiger partial charge in [-0.15, -0.1) is 6.58 Å². The van der Waals surface area contributed by atoms with Gasteiger partial charge in [-0.05, 0) is 58.7 Å². The normalized spacial score (nSPS) is 21.4. The highest BCUT2D eigenvalue weighted by Crippen LogP contribution is 2.41. The Kier molecular flexibility index (Phi) is 12.4. The summed E-state index contributed by atoms with van der Waals surface area (Å²) in [4.78, 5) is 0. The molecule has 0 N–H and O–H groups in total. The molecule has 4 aromatic carbocycles. The average Bonchev–Trinajstić information content (AvgIpc) is 3.08. The van der Waals surface area contributed by atoms with Crippen molar-refractivity contribution < 1.29 is 18.9 Å². The van der Waals surface area contributed by atoms with Gasteiger partial charge in [0.2, 0.25) is 0 Å². The summed E-state index contributed by atoms with van der Waals surface area (Å²) in [5.41, 5.74) is 6.84. The van der Waals surface area contributed by atoms with E-state index in [0.29, 0.717) is 26.4 Å². The van der Waals surface area contributed by atoms with Crippen molar-refractivity contribution in [1.82, 2.24) is 0 Å². The van der Waals surface area contributed by atoms with Crippen LogP contribution in [0, 0.1) is 5.92 Å². The average molecular weight is 625 g/mol. The lowest BCUT2D eigenvalue weighted by atomic mass is 9.84. The summed E-state index contributed by atoms with van der Waals surface area (Å²) in [6.07, 6.45) is 3.54. The van der Waals surface area contributed by atoms with E-state index in [0.717, 1.165) is 46.5 Å². The molecule has 1 saturated heterocycles. The number of halogens is 1. The molecule has 0 radical (unpaired) electrons. The number of benzene rings is 4. The zero-order chi connectivity index (χ0) is 31.4. The highest BCUT2D eigenvalue weighted by Gasteiger charge is 2.45. The summed E-state index contributed by atoms with van der Waals surface area (Å²) >= 11 is 6.80. The Morgan fingerprint density at radius 3 is 2.02 bits per heavy atom. The lowest BCUT2D eigenvalue weighted by Crippen LogP contribution is -2.51. The Balaban J connectivity index is 1.39. The van der Waals surface area contributed by atoms with E-state index in [1.807, 2.05) is 30.3 Å². The Labute approximate surface area is 274 Å². The zero-order valence-electron chi connectivity index (χ0n) is 26.4. The van der Waals surface area contributed by atoms with Gasteiger partial charge in [-0.3, -0.25) is 0 Å². The molecule has 1 aliphatic rings. The molecule has 0 aliphatic carbocycles. The molecule has 1 heterocycles. The quantitative estimate of drug-likeness (QED) is 0.0975. The number of hydrogen-bond donors (Lipinski definition) is 0. The molecule has 1 fully saturated rings.